The zero-order valence-corrected chi connectivity index (χ0v) is 11.7. The molecule has 0 N–H and O–H groups in total. The minimum atomic E-state index is -0.269. The van der Waals surface area contributed by atoms with Gasteiger partial charge in [0.05, 0.1) is 12.9 Å². The van der Waals surface area contributed by atoms with Gasteiger partial charge in [-0.05, 0) is 11.5 Å². The van der Waals surface area contributed by atoms with Crippen LogP contribution in [0.4, 0.5) is 0 Å². The largest absolute Gasteiger partial charge is 0.294 e. The second kappa shape index (κ2) is 6.28. The van der Waals surface area contributed by atoms with Crippen molar-refractivity contribution in [2.24, 2.45) is 5.92 Å². The van der Waals surface area contributed by atoms with Crippen molar-refractivity contribution in [2.45, 2.75) is 26.8 Å². The summed E-state index contributed by atoms with van der Waals surface area (Å²) in [6.45, 7) is 4.34. The normalized spacial score (nSPS) is 10.8. The van der Waals surface area contributed by atoms with Crippen molar-refractivity contribution in [3.8, 4) is 0 Å². The maximum atomic E-state index is 12.3. The van der Waals surface area contributed by atoms with Gasteiger partial charge >= 0.3 is 0 Å². The fourth-order valence-corrected chi connectivity index (χ4v) is 2.02. The van der Waals surface area contributed by atoms with E-state index in [9.17, 15) is 9.59 Å². The molecule has 2 aromatic rings. The average molecular weight is 270 g/mol. The summed E-state index contributed by atoms with van der Waals surface area (Å²) in [6, 6.07) is 9.64. The van der Waals surface area contributed by atoms with Gasteiger partial charge in [-0.15, -0.1) is 0 Å². The van der Waals surface area contributed by atoms with Crippen LogP contribution >= 0.6 is 0 Å². The van der Waals surface area contributed by atoms with Crippen LogP contribution in [0, 0.1) is 5.92 Å². The lowest BCUT2D eigenvalue weighted by molar-refractivity contribution is 0.0965. The van der Waals surface area contributed by atoms with Crippen LogP contribution in [0.3, 0.4) is 0 Å². The lowest BCUT2D eigenvalue weighted by Gasteiger charge is -2.08. The number of aromatic nitrogens is 2. The van der Waals surface area contributed by atoms with Crippen LogP contribution in [-0.4, -0.2) is 15.3 Å². The number of carbonyl (C=O) groups excluding carboxylic acids is 1. The first-order chi connectivity index (χ1) is 9.58. The van der Waals surface area contributed by atoms with Gasteiger partial charge in [0.2, 0.25) is 0 Å². The van der Waals surface area contributed by atoms with Gasteiger partial charge in [-0.25, -0.2) is 4.98 Å². The van der Waals surface area contributed by atoms with E-state index in [0.29, 0.717) is 13.0 Å². The van der Waals surface area contributed by atoms with Gasteiger partial charge in [0, 0.05) is 12.6 Å². The fraction of sp³-hybridized carbons (Fsp3) is 0.312. The van der Waals surface area contributed by atoms with Crippen LogP contribution in [0.5, 0.6) is 0 Å². The van der Waals surface area contributed by atoms with Crippen LogP contribution < -0.4 is 5.56 Å². The smallest absolute Gasteiger partial charge is 0.264 e. The average Bonchev–Trinajstić information content (AvgIpc) is 2.41. The molecule has 0 aliphatic carbocycles. The summed E-state index contributed by atoms with van der Waals surface area (Å²) in [5.74, 6) is 0.0876. The van der Waals surface area contributed by atoms with Crippen LogP contribution in [0.25, 0.3) is 0 Å². The first-order valence-electron chi connectivity index (χ1n) is 6.69. The third-order valence-corrected chi connectivity index (χ3v) is 2.99. The van der Waals surface area contributed by atoms with E-state index in [1.54, 1.807) is 0 Å². The molecule has 0 saturated carbocycles. The van der Waals surface area contributed by atoms with Gasteiger partial charge in [-0.2, -0.15) is 0 Å². The van der Waals surface area contributed by atoms with Gasteiger partial charge in [0.25, 0.3) is 5.56 Å². The summed E-state index contributed by atoms with van der Waals surface area (Å²) in [5.41, 5.74) is 0.913. The van der Waals surface area contributed by atoms with E-state index in [0.717, 1.165) is 5.56 Å². The molecule has 20 heavy (non-hydrogen) atoms. The highest BCUT2D eigenvalue weighted by atomic mass is 16.1. The molecular weight excluding hydrogens is 252 g/mol. The van der Waals surface area contributed by atoms with Crippen molar-refractivity contribution < 1.29 is 4.79 Å². The van der Waals surface area contributed by atoms with Crippen LogP contribution in [-0.2, 0) is 6.54 Å². The van der Waals surface area contributed by atoms with Gasteiger partial charge < -0.3 is 0 Å². The molecule has 0 atom stereocenters. The zero-order chi connectivity index (χ0) is 14.5. The highest BCUT2D eigenvalue weighted by Crippen LogP contribution is 2.06. The van der Waals surface area contributed by atoms with Crippen molar-refractivity contribution in [1.29, 1.82) is 0 Å². The quantitative estimate of drug-likeness (QED) is 0.784. The maximum Gasteiger partial charge on any atom is 0.264 e. The Morgan fingerprint density at radius 2 is 1.95 bits per heavy atom. The number of hydrogen-bond acceptors (Lipinski definition) is 3. The molecule has 4 heteroatoms. The highest BCUT2D eigenvalue weighted by molar-refractivity contribution is 5.95. The Morgan fingerprint density at radius 1 is 1.25 bits per heavy atom. The summed E-state index contributed by atoms with van der Waals surface area (Å²) >= 11 is 0. The monoisotopic (exact) mass is 270 g/mol. The van der Waals surface area contributed by atoms with E-state index in [4.69, 9.17) is 0 Å². The van der Waals surface area contributed by atoms with Gasteiger partial charge in [-0.3, -0.25) is 14.2 Å². The maximum absolute atomic E-state index is 12.3. The number of carbonyl (C=O) groups is 1. The second-order valence-electron chi connectivity index (χ2n) is 5.25. The lowest BCUT2D eigenvalue weighted by atomic mass is 10.0. The van der Waals surface area contributed by atoms with Gasteiger partial charge in [-0.1, -0.05) is 44.2 Å². The number of nitrogens with zero attached hydrogens (tertiary/aromatic N) is 2. The van der Waals surface area contributed by atoms with E-state index in [1.165, 1.54) is 17.1 Å². The zero-order valence-electron chi connectivity index (χ0n) is 11.7. The molecule has 4 nitrogen and oxygen atoms in total. The van der Waals surface area contributed by atoms with E-state index < -0.39 is 0 Å². The Hall–Kier alpha value is -2.23. The first-order valence-corrected chi connectivity index (χ1v) is 6.69. The molecule has 1 heterocycles. The molecule has 0 radical (unpaired) electrons. The first kappa shape index (κ1) is 14.2. The third kappa shape index (κ3) is 3.41. The molecule has 0 aliphatic rings. The summed E-state index contributed by atoms with van der Waals surface area (Å²) in [4.78, 5) is 28.3. The molecule has 0 saturated heterocycles. The summed E-state index contributed by atoms with van der Waals surface area (Å²) in [5, 5.41) is 0. The number of hydrogen-bond donors (Lipinski definition) is 0. The molecule has 1 aromatic heterocycles. The van der Waals surface area contributed by atoms with Crippen molar-refractivity contribution in [3.63, 3.8) is 0 Å². The van der Waals surface area contributed by atoms with Crippen LogP contribution in [0.15, 0.2) is 47.7 Å². The summed E-state index contributed by atoms with van der Waals surface area (Å²) in [6.07, 6.45) is 3.21. The minimum Gasteiger partial charge on any atom is -0.294 e. The molecule has 1 aromatic carbocycles. The van der Waals surface area contributed by atoms with Crippen LogP contribution in [0.1, 0.15) is 36.2 Å². The van der Waals surface area contributed by atoms with E-state index >= 15 is 0 Å². The van der Waals surface area contributed by atoms with E-state index in [2.05, 4.69) is 4.98 Å². The Kier molecular flexibility index (Phi) is 4.45. The molecular formula is C16H18N2O2. The third-order valence-electron chi connectivity index (χ3n) is 2.99. The number of Topliss-reactive ketones (excluding diaryl/α,β-unsaturated/α-hetero) is 1. The Balaban J connectivity index is 2.28. The summed E-state index contributed by atoms with van der Waals surface area (Å²) < 4.78 is 1.48. The topological polar surface area (TPSA) is 52.0 Å². The number of rotatable bonds is 5. The fourth-order valence-electron chi connectivity index (χ4n) is 2.02. The summed E-state index contributed by atoms with van der Waals surface area (Å²) in [7, 11) is 0. The van der Waals surface area contributed by atoms with Crippen molar-refractivity contribution in [2.75, 3.05) is 0 Å². The van der Waals surface area contributed by atoms with Gasteiger partial charge in [0.1, 0.15) is 5.56 Å². The van der Waals surface area contributed by atoms with E-state index in [1.807, 2.05) is 44.2 Å². The predicted molar refractivity (Wildman–Crippen MR) is 77.8 cm³/mol. The molecule has 0 amide bonds. The minimum absolute atomic E-state index is 0.139. The Bertz CT molecular complexity index is 645. The van der Waals surface area contributed by atoms with Crippen LogP contribution in [0.2, 0.25) is 0 Å². The highest BCUT2D eigenvalue weighted by Gasteiger charge is 2.14. The van der Waals surface area contributed by atoms with Crippen molar-refractivity contribution in [3.05, 3.63) is 64.3 Å². The SMILES string of the molecule is CC(C)CC(=O)c1cncn(Cc2ccccc2)c1=O. The molecule has 0 unspecified atom stereocenters. The molecule has 0 aliphatic heterocycles. The molecule has 0 spiro atoms. The van der Waals surface area contributed by atoms with Gasteiger partial charge in [0.15, 0.2) is 5.78 Å². The standard InChI is InChI=1S/C16H18N2O2/c1-12(2)8-15(19)14-9-17-11-18(16(14)20)10-13-6-4-3-5-7-13/h3-7,9,11-12H,8,10H2,1-2H3. The second-order valence-corrected chi connectivity index (χ2v) is 5.25. The van der Waals surface area contributed by atoms with E-state index in [-0.39, 0.29) is 22.8 Å². The Morgan fingerprint density at radius 3 is 2.60 bits per heavy atom. The predicted octanol–water partition coefficient (Wildman–Crippen LogP) is 2.52. The Labute approximate surface area is 118 Å². The van der Waals surface area contributed by atoms with Crippen molar-refractivity contribution in [1.82, 2.24) is 9.55 Å². The number of ketones is 1. The van der Waals surface area contributed by atoms with Crippen molar-refractivity contribution >= 4 is 5.78 Å². The molecule has 0 fully saturated rings. The molecule has 2 rings (SSSR count). The lowest BCUT2D eigenvalue weighted by Crippen LogP contribution is -2.27. The molecule has 0 bridgehead atoms. The number of benzene rings is 1. The molecule has 104 valence electrons.